The molecule has 0 spiro atoms. The van der Waals surface area contributed by atoms with E-state index in [1.165, 1.54) is 76.9 Å². The van der Waals surface area contributed by atoms with Crippen LogP contribution < -0.4 is 10.4 Å². The van der Waals surface area contributed by atoms with Crippen molar-refractivity contribution < 1.29 is 0 Å². The van der Waals surface area contributed by atoms with Gasteiger partial charge in [-0.25, -0.2) is 0 Å². The molecule has 192 valence electrons. The topological polar surface area (TPSA) is 0 Å². The number of hydrogen-bond acceptors (Lipinski definition) is 0. The van der Waals surface area contributed by atoms with Gasteiger partial charge in [-0.1, -0.05) is 115 Å². The molecule has 0 N–H and O–H groups in total. The number of aryl methyl sites for hydroxylation is 1. The van der Waals surface area contributed by atoms with Crippen molar-refractivity contribution in [2.24, 2.45) is 0 Å². The fraction of sp³-hybridized carbons (Fsp3) is 0.150. The minimum absolute atomic E-state index is 1.08. The molecular formula is C40H32. The predicted octanol–water partition coefficient (Wildman–Crippen LogP) is 8.87. The van der Waals surface area contributed by atoms with Crippen molar-refractivity contribution in [1.29, 1.82) is 0 Å². The van der Waals surface area contributed by atoms with Crippen LogP contribution in [0, 0.1) is 0 Å². The van der Waals surface area contributed by atoms with Crippen LogP contribution in [0.4, 0.5) is 0 Å². The van der Waals surface area contributed by atoms with Crippen molar-refractivity contribution in [2.45, 2.75) is 38.5 Å². The molecule has 3 aliphatic rings. The van der Waals surface area contributed by atoms with Crippen molar-refractivity contribution in [2.75, 3.05) is 0 Å². The van der Waals surface area contributed by atoms with Gasteiger partial charge in [0.05, 0.1) is 0 Å². The zero-order valence-electron chi connectivity index (χ0n) is 22.8. The summed E-state index contributed by atoms with van der Waals surface area (Å²) in [5.41, 5.74) is 14.1. The van der Waals surface area contributed by atoms with Crippen molar-refractivity contribution >= 4 is 34.6 Å². The highest BCUT2D eigenvalue weighted by atomic mass is 14.3. The van der Waals surface area contributed by atoms with Gasteiger partial charge in [-0.2, -0.15) is 0 Å². The lowest BCUT2D eigenvalue weighted by Crippen LogP contribution is -2.34. The summed E-state index contributed by atoms with van der Waals surface area (Å²) < 4.78 is 0. The second kappa shape index (κ2) is 9.65. The summed E-state index contributed by atoms with van der Waals surface area (Å²) in [5, 5.41) is 5.49. The summed E-state index contributed by atoms with van der Waals surface area (Å²) in [4.78, 5) is 0. The van der Waals surface area contributed by atoms with Gasteiger partial charge in [-0.05, 0) is 121 Å². The van der Waals surface area contributed by atoms with E-state index in [-0.39, 0.29) is 0 Å². The molecule has 0 saturated heterocycles. The van der Waals surface area contributed by atoms with Gasteiger partial charge in [0.25, 0.3) is 0 Å². The third-order valence-electron chi connectivity index (χ3n) is 9.03. The maximum Gasteiger partial charge on any atom is -0.00268 e. The SMILES string of the molecule is C1=Cc2c(c(-c3cccc(C4=CCCc5ccccc54)c3)c3c(c2-c2cccc4ccccc24)=CCCC=3)CC1. The van der Waals surface area contributed by atoms with Crippen molar-refractivity contribution in [3.8, 4) is 22.3 Å². The normalized spacial score (nSPS) is 15.3. The Morgan fingerprint density at radius 2 is 1.27 bits per heavy atom. The second-order valence-corrected chi connectivity index (χ2v) is 11.3. The van der Waals surface area contributed by atoms with E-state index in [1.54, 1.807) is 0 Å². The van der Waals surface area contributed by atoms with E-state index in [2.05, 4.69) is 121 Å². The first kappa shape index (κ1) is 23.5. The Morgan fingerprint density at radius 1 is 0.525 bits per heavy atom. The van der Waals surface area contributed by atoms with E-state index in [4.69, 9.17) is 0 Å². The molecule has 0 atom stereocenters. The molecule has 40 heavy (non-hydrogen) atoms. The molecule has 0 nitrogen and oxygen atoms in total. The molecule has 0 unspecified atom stereocenters. The van der Waals surface area contributed by atoms with Crippen LogP contribution in [0.1, 0.15) is 53.5 Å². The highest BCUT2D eigenvalue weighted by molar-refractivity contribution is 6.00. The van der Waals surface area contributed by atoms with Gasteiger partial charge >= 0.3 is 0 Å². The number of rotatable bonds is 3. The summed E-state index contributed by atoms with van der Waals surface area (Å²) in [7, 11) is 0. The van der Waals surface area contributed by atoms with Crippen LogP contribution in [0.3, 0.4) is 0 Å². The Morgan fingerprint density at radius 3 is 2.23 bits per heavy atom. The molecule has 0 heterocycles. The largest absolute Gasteiger partial charge is 0.0836 e. The molecule has 0 heteroatoms. The first-order chi connectivity index (χ1) is 19.9. The monoisotopic (exact) mass is 512 g/mol. The number of hydrogen-bond donors (Lipinski definition) is 0. The average Bonchev–Trinajstić information content (AvgIpc) is 3.03. The number of allylic oxidation sites excluding steroid dienone is 2. The summed E-state index contributed by atoms with van der Waals surface area (Å²) >= 11 is 0. The molecule has 3 aliphatic carbocycles. The zero-order valence-corrected chi connectivity index (χ0v) is 22.8. The van der Waals surface area contributed by atoms with Gasteiger partial charge < -0.3 is 0 Å². The van der Waals surface area contributed by atoms with E-state index in [0.29, 0.717) is 0 Å². The molecule has 5 aromatic rings. The van der Waals surface area contributed by atoms with Crippen LogP contribution in [-0.4, -0.2) is 0 Å². The molecule has 0 saturated carbocycles. The Hall–Kier alpha value is -4.42. The zero-order chi connectivity index (χ0) is 26.5. The smallest absolute Gasteiger partial charge is 0.00268 e. The molecule has 0 radical (unpaired) electrons. The van der Waals surface area contributed by atoms with Crippen molar-refractivity contribution in [3.63, 3.8) is 0 Å². The van der Waals surface area contributed by atoms with Gasteiger partial charge in [0.1, 0.15) is 0 Å². The molecule has 0 fully saturated rings. The van der Waals surface area contributed by atoms with Gasteiger partial charge in [0, 0.05) is 0 Å². The predicted molar refractivity (Wildman–Crippen MR) is 171 cm³/mol. The van der Waals surface area contributed by atoms with Crippen LogP contribution in [0.2, 0.25) is 0 Å². The van der Waals surface area contributed by atoms with E-state index in [9.17, 15) is 0 Å². The quantitative estimate of drug-likeness (QED) is 0.226. The maximum absolute atomic E-state index is 2.51. The molecule has 8 rings (SSSR count). The Bertz CT molecular complexity index is 1990. The third kappa shape index (κ3) is 3.74. The van der Waals surface area contributed by atoms with Gasteiger partial charge in [-0.3, -0.25) is 0 Å². The summed E-state index contributed by atoms with van der Waals surface area (Å²) in [6.45, 7) is 0. The molecule has 0 aromatic heterocycles. The van der Waals surface area contributed by atoms with E-state index in [1.807, 2.05) is 0 Å². The van der Waals surface area contributed by atoms with Crippen molar-refractivity contribution in [3.05, 3.63) is 141 Å². The lowest BCUT2D eigenvalue weighted by molar-refractivity contribution is 0.977. The van der Waals surface area contributed by atoms with Crippen LogP contribution in [0.25, 0.3) is 56.8 Å². The highest BCUT2D eigenvalue weighted by Gasteiger charge is 2.22. The first-order valence-corrected chi connectivity index (χ1v) is 14.8. The standard InChI is InChI=1S/C40H32/c1-3-18-31-27(12-1)14-10-24-33(31)29-16-9-17-30(26-29)39-35-20-5-7-22-37(35)40(38-23-8-6-21-36(38)39)34-25-11-15-28-13-2-4-19-32(28)34/h1-4,7,9,11-13,15-19,21-26H,5-6,8,10,14,20H2. The average molecular weight is 513 g/mol. The Labute approximate surface area is 236 Å². The molecular weight excluding hydrogens is 480 g/mol. The second-order valence-electron chi connectivity index (χ2n) is 11.3. The number of benzene rings is 5. The lowest BCUT2D eigenvalue weighted by atomic mass is 9.79. The van der Waals surface area contributed by atoms with Gasteiger partial charge in [0.15, 0.2) is 0 Å². The van der Waals surface area contributed by atoms with Crippen LogP contribution in [0.5, 0.6) is 0 Å². The van der Waals surface area contributed by atoms with E-state index >= 15 is 0 Å². The minimum atomic E-state index is 1.08. The van der Waals surface area contributed by atoms with Gasteiger partial charge in [-0.15, -0.1) is 0 Å². The lowest BCUT2D eigenvalue weighted by Gasteiger charge is -2.25. The van der Waals surface area contributed by atoms with Crippen molar-refractivity contribution in [1.82, 2.24) is 0 Å². The first-order valence-electron chi connectivity index (χ1n) is 14.8. The molecule has 0 amide bonds. The fourth-order valence-corrected chi connectivity index (χ4v) is 7.28. The molecule has 0 aliphatic heterocycles. The van der Waals surface area contributed by atoms with Crippen LogP contribution in [-0.2, 0) is 12.8 Å². The summed E-state index contributed by atoms with van der Waals surface area (Å²) in [6.07, 6.45) is 18.8. The molecule has 0 bridgehead atoms. The Balaban J connectivity index is 1.40. The minimum Gasteiger partial charge on any atom is -0.0836 e. The van der Waals surface area contributed by atoms with E-state index in [0.717, 1.165) is 38.5 Å². The van der Waals surface area contributed by atoms with Crippen LogP contribution in [0.15, 0.2) is 103 Å². The van der Waals surface area contributed by atoms with Crippen LogP contribution >= 0.6 is 0 Å². The summed E-state index contributed by atoms with van der Waals surface area (Å²) in [5.74, 6) is 0. The van der Waals surface area contributed by atoms with Gasteiger partial charge in [0.2, 0.25) is 0 Å². The van der Waals surface area contributed by atoms with E-state index < -0.39 is 0 Å². The Kier molecular flexibility index (Phi) is 5.66. The number of fused-ring (bicyclic) bond motifs is 4. The fourth-order valence-electron chi connectivity index (χ4n) is 7.28. The third-order valence-corrected chi connectivity index (χ3v) is 9.03. The molecule has 5 aromatic carbocycles. The maximum atomic E-state index is 2.51. The summed E-state index contributed by atoms with van der Waals surface area (Å²) in [6, 6.07) is 34.0. The highest BCUT2D eigenvalue weighted by Crippen LogP contribution is 2.38.